The normalized spacial score (nSPS) is 13.2. The molecule has 0 fully saturated rings. The van der Waals surface area contributed by atoms with Crippen molar-refractivity contribution in [2.24, 2.45) is 5.92 Å². The van der Waals surface area contributed by atoms with E-state index in [1.807, 2.05) is 11.6 Å². The molecule has 0 saturated carbocycles. The lowest BCUT2D eigenvalue weighted by Crippen LogP contribution is -2.05. The van der Waals surface area contributed by atoms with Crippen molar-refractivity contribution in [3.8, 4) is 0 Å². The van der Waals surface area contributed by atoms with Crippen LogP contribution in [0.3, 0.4) is 0 Å². The van der Waals surface area contributed by atoms with Gasteiger partial charge in [-0.05, 0) is 12.3 Å². The smallest absolute Gasteiger partial charge is 0.0927 e. The van der Waals surface area contributed by atoms with Crippen molar-refractivity contribution in [1.29, 1.82) is 0 Å². The molecule has 0 N–H and O–H groups in total. The number of halogens is 1. The first-order valence-electron chi connectivity index (χ1n) is 4.31. The van der Waals surface area contributed by atoms with Gasteiger partial charge >= 0.3 is 0 Å². The molecule has 0 aliphatic heterocycles. The van der Waals surface area contributed by atoms with E-state index in [2.05, 4.69) is 11.9 Å². The molecule has 0 saturated heterocycles. The number of hydrogen-bond acceptors (Lipinski definition) is 2. The summed E-state index contributed by atoms with van der Waals surface area (Å²) in [6.45, 7) is 2.20. The van der Waals surface area contributed by atoms with Crippen LogP contribution in [-0.2, 0) is 6.42 Å². The van der Waals surface area contributed by atoms with Gasteiger partial charge < -0.3 is 0 Å². The molecule has 1 unspecified atom stereocenters. The first kappa shape index (κ1) is 10.0. The molecule has 0 aliphatic rings. The van der Waals surface area contributed by atoms with Crippen LogP contribution >= 0.6 is 22.9 Å². The topological polar surface area (TPSA) is 12.9 Å². The van der Waals surface area contributed by atoms with Crippen LogP contribution in [0, 0.1) is 5.92 Å². The second-order valence-electron chi connectivity index (χ2n) is 2.94. The third-order valence-corrected chi connectivity index (χ3v) is 3.10. The molecule has 0 amide bonds. The molecule has 1 nitrogen and oxygen atoms in total. The maximum Gasteiger partial charge on any atom is 0.0927 e. The maximum atomic E-state index is 5.84. The van der Waals surface area contributed by atoms with E-state index in [-0.39, 0.29) is 0 Å². The highest BCUT2D eigenvalue weighted by atomic mass is 35.5. The largest absolute Gasteiger partial charge is 0.250 e. The molecular formula is C9H14ClNS. The number of nitrogens with zero attached hydrogens (tertiary/aromatic N) is 1. The van der Waals surface area contributed by atoms with Crippen LogP contribution in [0.2, 0.25) is 0 Å². The molecule has 3 heteroatoms. The Kier molecular flexibility index (Phi) is 4.62. The minimum absolute atomic E-state index is 0.614. The van der Waals surface area contributed by atoms with Crippen LogP contribution < -0.4 is 0 Å². The van der Waals surface area contributed by atoms with E-state index >= 15 is 0 Å². The van der Waals surface area contributed by atoms with Crippen molar-refractivity contribution in [3.63, 3.8) is 0 Å². The van der Waals surface area contributed by atoms with Gasteiger partial charge in [0, 0.05) is 23.9 Å². The van der Waals surface area contributed by atoms with E-state index in [9.17, 15) is 0 Å². The van der Waals surface area contributed by atoms with E-state index in [0.717, 1.165) is 12.3 Å². The summed E-state index contributed by atoms with van der Waals surface area (Å²) in [5, 5.41) is 3.24. The zero-order valence-electron chi connectivity index (χ0n) is 7.29. The van der Waals surface area contributed by atoms with Crippen LogP contribution in [-0.4, -0.2) is 10.9 Å². The Labute approximate surface area is 82.8 Å². The highest BCUT2D eigenvalue weighted by molar-refractivity contribution is 7.09. The summed E-state index contributed by atoms with van der Waals surface area (Å²) >= 11 is 7.56. The second-order valence-corrected chi connectivity index (χ2v) is 4.23. The van der Waals surface area contributed by atoms with Crippen LogP contribution in [0.5, 0.6) is 0 Å². The molecule has 1 aromatic rings. The quantitative estimate of drug-likeness (QED) is 0.669. The summed E-state index contributed by atoms with van der Waals surface area (Å²) in [5.74, 6) is 1.37. The fraction of sp³-hybridized carbons (Fsp3) is 0.667. The molecule has 1 atom stereocenters. The first-order valence-corrected chi connectivity index (χ1v) is 5.72. The van der Waals surface area contributed by atoms with Gasteiger partial charge in [0.15, 0.2) is 0 Å². The number of aromatic nitrogens is 1. The number of thiazole rings is 1. The van der Waals surface area contributed by atoms with Gasteiger partial charge in [0.2, 0.25) is 0 Å². The Morgan fingerprint density at radius 3 is 3.00 bits per heavy atom. The van der Waals surface area contributed by atoms with Crippen molar-refractivity contribution < 1.29 is 0 Å². The minimum atomic E-state index is 0.614. The van der Waals surface area contributed by atoms with Gasteiger partial charge in [-0.3, -0.25) is 0 Å². The second kappa shape index (κ2) is 5.55. The molecule has 1 heterocycles. The number of rotatable bonds is 5. The van der Waals surface area contributed by atoms with Gasteiger partial charge in [0.1, 0.15) is 0 Å². The molecule has 0 bridgehead atoms. The van der Waals surface area contributed by atoms with Crippen molar-refractivity contribution in [1.82, 2.24) is 4.98 Å². The highest BCUT2D eigenvalue weighted by Gasteiger charge is 2.08. The van der Waals surface area contributed by atoms with Gasteiger partial charge in [-0.25, -0.2) is 4.98 Å². The summed E-state index contributed by atoms with van der Waals surface area (Å²) in [5.41, 5.74) is 0. The molecule has 0 radical (unpaired) electrons. The summed E-state index contributed by atoms with van der Waals surface area (Å²) in [7, 11) is 0. The van der Waals surface area contributed by atoms with Gasteiger partial charge in [0.05, 0.1) is 5.01 Å². The lowest BCUT2D eigenvalue weighted by molar-refractivity contribution is 0.527. The number of hydrogen-bond donors (Lipinski definition) is 0. The Morgan fingerprint density at radius 1 is 1.67 bits per heavy atom. The molecule has 1 rings (SSSR count). The molecule has 1 aromatic heterocycles. The maximum absolute atomic E-state index is 5.84. The lowest BCUT2D eigenvalue weighted by Gasteiger charge is -2.09. The van der Waals surface area contributed by atoms with Crippen molar-refractivity contribution in [3.05, 3.63) is 16.6 Å². The van der Waals surface area contributed by atoms with Crippen molar-refractivity contribution >= 4 is 22.9 Å². The standard InChI is InChI=1S/C9H14ClNS/c1-2-3-8(7-10)6-9-11-4-5-12-9/h4-5,8H,2-3,6-7H2,1H3. The average Bonchev–Trinajstić information content (AvgIpc) is 2.56. The SMILES string of the molecule is CCCC(CCl)Cc1nccs1. The minimum Gasteiger partial charge on any atom is -0.250 e. The van der Waals surface area contributed by atoms with Crippen molar-refractivity contribution in [2.75, 3.05) is 5.88 Å². The molecule has 0 spiro atoms. The van der Waals surface area contributed by atoms with E-state index in [1.165, 1.54) is 17.8 Å². The first-order chi connectivity index (χ1) is 5.86. The van der Waals surface area contributed by atoms with Gasteiger partial charge in [0.25, 0.3) is 0 Å². The highest BCUT2D eigenvalue weighted by Crippen LogP contribution is 2.16. The summed E-state index contributed by atoms with van der Waals surface area (Å²) in [4.78, 5) is 4.25. The summed E-state index contributed by atoms with van der Waals surface area (Å²) in [6.07, 6.45) is 5.33. The van der Waals surface area contributed by atoms with E-state index in [1.54, 1.807) is 11.3 Å². The van der Waals surface area contributed by atoms with Crippen LogP contribution in [0.15, 0.2) is 11.6 Å². The molecular weight excluding hydrogens is 190 g/mol. The zero-order valence-corrected chi connectivity index (χ0v) is 8.87. The molecule has 0 aliphatic carbocycles. The van der Waals surface area contributed by atoms with E-state index in [4.69, 9.17) is 11.6 Å². The fourth-order valence-electron chi connectivity index (χ4n) is 1.24. The predicted octanol–water partition coefficient (Wildman–Crippen LogP) is 3.34. The van der Waals surface area contributed by atoms with Crippen LogP contribution in [0.4, 0.5) is 0 Å². The summed E-state index contributed by atoms with van der Waals surface area (Å²) in [6, 6.07) is 0. The third-order valence-electron chi connectivity index (χ3n) is 1.86. The Bertz CT molecular complexity index is 198. The predicted molar refractivity (Wildman–Crippen MR) is 54.9 cm³/mol. The number of alkyl halides is 1. The lowest BCUT2D eigenvalue weighted by atomic mass is 10.0. The van der Waals surface area contributed by atoms with Crippen molar-refractivity contribution in [2.45, 2.75) is 26.2 Å². The van der Waals surface area contributed by atoms with Gasteiger partial charge in [-0.2, -0.15) is 0 Å². The Hall–Kier alpha value is -0.0800. The molecule has 12 heavy (non-hydrogen) atoms. The van der Waals surface area contributed by atoms with Gasteiger partial charge in [-0.1, -0.05) is 13.3 Å². The van der Waals surface area contributed by atoms with Crippen LogP contribution in [0.25, 0.3) is 0 Å². The van der Waals surface area contributed by atoms with Crippen LogP contribution in [0.1, 0.15) is 24.8 Å². The van der Waals surface area contributed by atoms with E-state index < -0.39 is 0 Å². The fourth-order valence-corrected chi connectivity index (χ4v) is 2.24. The average molecular weight is 204 g/mol. The summed E-state index contributed by atoms with van der Waals surface area (Å²) < 4.78 is 0. The van der Waals surface area contributed by atoms with Gasteiger partial charge in [-0.15, -0.1) is 22.9 Å². The molecule has 68 valence electrons. The third kappa shape index (κ3) is 3.11. The van der Waals surface area contributed by atoms with E-state index in [0.29, 0.717) is 5.92 Å². The Balaban J connectivity index is 2.37. The Morgan fingerprint density at radius 2 is 2.50 bits per heavy atom. The zero-order chi connectivity index (χ0) is 8.81. The monoisotopic (exact) mass is 203 g/mol. The molecule has 0 aromatic carbocycles.